The van der Waals surface area contributed by atoms with Gasteiger partial charge in [-0.2, -0.15) is 0 Å². The van der Waals surface area contributed by atoms with E-state index in [1.54, 1.807) is 0 Å². The SMILES string of the molecule is O=CCCCCCCCCCCc1ccccc1. The molecule has 0 atom stereocenters. The maximum Gasteiger partial charge on any atom is 0.119 e. The van der Waals surface area contributed by atoms with Gasteiger partial charge in [0.2, 0.25) is 0 Å². The first-order valence-corrected chi connectivity index (χ1v) is 7.41. The normalized spacial score (nSPS) is 10.4. The van der Waals surface area contributed by atoms with Crippen LogP contribution in [0.4, 0.5) is 0 Å². The number of unbranched alkanes of at least 4 members (excludes halogenated alkanes) is 8. The molecule has 0 saturated carbocycles. The molecule has 1 heteroatoms. The monoisotopic (exact) mass is 246 g/mol. The van der Waals surface area contributed by atoms with Crippen molar-refractivity contribution in [2.45, 2.75) is 64.2 Å². The van der Waals surface area contributed by atoms with Crippen molar-refractivity contribution in [2.75, 3.05) is 0 Å². The molecule has 0 aromatic heterocycles. The fourth-order valence-corrected chi connectivity index (χ4v) is 2.26. The van der Waals surface area contributed by atoms with Crippen LogP contribution >= 0.6 is 0 Å². The van der Waals surface area contributed by atoms with E-state index in [1.165, 1.54) is 56.9 Å². The third-order valence-electron chi connectivity index (χ3n) is 3.38. The molecule has 0 saturated heterocycles. The van der Waals surface area contributed by atoms with Gasteiger partial charge in [-0.1, -0.05) is 68.9 Å². The summed E-state index contributed by atoms with van der Waals surface area (Å²) in [6.45, 7) is 0. The summed E-state index contributed by atoms with van der Waals surface area (Å²) in [6, 6.07) is 10.7. The van der Waals surface area contributed by atoms with Crippen molar-refractivity contribution in [2.24, 2.45) is 0 Å². The van der Waals surface area contributed by atoms with Crippen LogP contribution in [0.1, 0.15) is 63.4 Å². The predicted molar refractivity (Wildman–Crippen MR) is 77.8 cm³/mol. The molecule has 0 fully saturated rings. The summed E-state index contributed by atoms with van der Waals surface area (Å²) < 4.78 is 0. The zero-order valence-electron chi connectivity index (χ0n) is 11.4. The predicted octanol–water partition coefficient (Wildman–Crippen LogP) is 4.94. The second-order valence-corrected chi connectivity index (χ2v) is 5.02. The summed E-state index contributed by atoms with van der Waals surface area (Å²) in [5.74, 6) is 0. The van der Waals surface area contributed by atoms with Gasteiger partial charge in [0.25, 0.3) is 0 Å². The molecule has 0 heterocycles. The van der Waals surface area contributed by atoms with Crippen molar-refractivity contribution in [1.82, 2.24) is 0 Å². The van der Waals surface area contributed by atoms with E-state index in [2.05, 4.69) is 30.3 Å². The molecule has 0 spiro atoms. The lowest BCUT2D eigenvalue weighted by Crippen LogP contribution is -1.86. The second kappa shape index (κ2) is 11.0. The number of hydrogen-bond donors (Lipinski definition) is 0. The van der Waals surface area contributed by atoms with Crippen molar-refractivity contribution in [3.63, 3.8) is 0 Å². The smallest absolute Gasteiger partial charge is 0.119 e. The van der Waals surface area contributed by atoms with Gasteiger partial charge in [-0.3, -0.25) is 0 Å². The standard InChI is InChI=1S/C17H26O/c18-16-12-7-5-3-1-2-4-6-9-13-17-14-10-8-11-15-17/h8,10-11,14-16H,1-7,9,12-13H2. The van der Waals surface area contributed by atoms with Gasteiger partial charge in [-0.25, -0.2) is 0 Å². The summed E-state index contributed by atoms with van der Waals surface area (Å²) in [5.41, 5.74) is 1.46. The minimum Gasteiger partial charge on any atom is -0.303 e. The lowest BCUT2D eigenvalue weighted by molar-refractivity contribution is -0.107. The topological polar surface area (TPSA) is 17.1 Å². The molecule has 100 valence electrons. The van der Waals surface area contributed by atoms with E-state index < -0.39 is 0 Å². The molecule has 1 rings (SSSR count). The molecule has 1 nitrogen and oxygen atoms in total. The van der Waals surface area contributed by atoms with Crippen molar-refractivity contribution >= 4 is 6.29 Å². The number of aryl methyl sites for hydroxylation is 1. The van der Waals surface area contributed by atoms with Crippen LogP contribution in [0.15, 0.2) is 30.3 Å². The average Bonchev–Trinajstić information content (AvgIpc) is 2.42. The number of carbonyl (C=O) groups excluding carboxylic acids is 1. The van der Waals surface area contributed by atoms with E-state index in [0.29, 0.717) is 0 Å². The van der Waals surface area contributed by atoms with Crippen LogP contribution in [0.25, 0.3) is 0 Å². The van der Waals surface area contributed by atoms with E-state index in [0.717, 1.165) is 19.1 Å². The van der Waals surface area contributed by atoms with E-state index in [4.69, 9.17) is 0 Å². The molecule has 0 bridgehead atoms. The fraction of sp³-hybridized carbons (Fsp3) is 0.588. The summed E-state index contributed by atoms with van der Waals surface area (Å²) >= 11 is 0. The van der Waals surface area contributed by atoms with E-state index in [-0.39, 0.29) is 0 Å². The van der Waals surface area contributed by atoms with Gasteiger partial charge in [0.15, 0.2) is 0 Å². The Labute approximate surface area is 112 Å². The lowest BCUT2D eigenvalue weighted by Gasteiger charge is -2.02. The Kier molecular flexibility index (Phi) is 9.14. The minimum atomic E-state index is 0.747. The Morgan fingerprint density at radius 3 is 1.89 bits per heavy atom. The van der Waals surface area contributed by atoms with Crippen LogP contribution in [-0.4, -0.2) is 6.29 Å². The van der Waals surface area contributed by atoms with Gasteiger partial charge in [0.05, 0.1) is 0 Å². The maximum atomic E-state index is 10.1. The Bertz CT molecular complexity index is 292. The van der Waals surface area contributed by atoms with Crippen molar-refractivity contribution in [3.8, 4) is 0 Å². The molecule has 0 radical (unpaired) electrons. The first-order chi connectivity index (χ1) is 8.93. The number of benzene rings is 1. The first-order valence-electron chi connectivity index (χ1n) is 7.41. The molecule has 1 aromatic carbocycles. The van der Waals surface area contributed by atoms with Crippen molar-refractivity contribution in [1.29, 1.82) is 0 Å². The van der Waals surface area contributed by atoms with E-state index in [1.807, 2.05) is 0 Å². The highest BCUT2D eigenvalue weighted by Crippen LogP contribution is 2.11. The van der Waals surface area contributed by atoms with Gasteiger partial charge in [0.1, 0.15) is 6.29 Å². The summed E-state index contributed by atoms with van der Waals surface area (Å²) in [6.07, 6.45) is 13.3. The van der Waals surface area contributed by atoms with Gasteiger partial charge < -0.3 is 4.79 Å². The summed E-state index contributed by atoms with van der Waals surface area (Å²) in [4.78, 5) is 10.1. The third kappa shape index (κ3) is 8.05. The average molecular weight is 246 g/mol. The number of aldehydes is 1. The van der Waals surface area contributed by atoms with Gasteiger partial charge >= 0.3 is 0 Å². The minimum absolute atomic E-state index is 0.747. The highest BCUT2D eigenvalue weighted by molar-refractivity contribution is 5.48. The molecule has 0 aliphatic carbocycles. The highest BCUT2D eigenvalue weighted by Gasteiger charge is 1.94. The number of hydrogen-bond acceptors (Lipinski definition) is 1. The molecular weight excluding hydrogens is 220 g/mol. The van der Waals surface area contributed by atoms with E-state index in [9.17, 15) is 4.79 Å². The van der Waals surface area contributed by atoms with Gasteiger partial charge in [-0.05, 0) is 24.8 Å². The Morgan fingerprint density at radius 2 is 1.28 bits per heavy atom. The van der Waals surface area contributed by atoms with Crippen molar-refractivity contribution in [3.05, 3.63) is 35.9 Å². The largest absolute Gasteiger partial charge is 0.303 e. The molecule has 0 N–H and O–H groups in total. The Balaban J connectivity index is 1.83. The molecule has 18 heavy (non-hydrogen) atoms. The summed E-state index contributed by atoms with van der Waals surface area (Å²) in [5, 5.41) is 0. The Morgan fingerprint density at radius 1 is 0.722 bits per heavy atom. The molecule has 0 aliphatic rings. The highest BCUT2D eigenvalue weighted by atomic mass is 16.1. The van der Waals surface area contributed by atoms with Crippen LogP contribution in [0.5, 0.6) is 0 Å². The van der Waals surface area contributed by atoms with Crippen molar-refractivity contribution < 1.29 is 4.79 Å². The number of rotatable bonds is 11. The molecular formula is C17H26O. The quantitative estimate of drug-likeness (QED) is 0.399. The second-order valence-electron chi connectivity index (χ2n) is 5.02. The van der Waals surface area contributed by atoms with Gasteiger partial charge in [0, 0.05) is 6.42 Å². The van der Waals surface area contributed by atoms with Crippen LogP contribution < -0.4 is 0 Å². The van der Waals surface area contributed by atoms with Crippen LogP contribution in [0.2, 0.25) is 0 Å². The number of carbonyl (C=O) groups is 1. The van der Waals surface area contributed by atoms with Crippen LogP contribution in [0, 0.1) is 0 Å². The third-order valence-corrected chi connectivity index (χ3v) is 3.38. The molecule has 0 unspecified atom stereocenters. The summed E-state index contributed by atoms with van der Waals surface area (Å²) in [7, 11) is 0. The van der Waals surface area contributed by atoms with Crippen LogP contribution in [-0.2, 0) is 11.2 Å². The maximum absolute atomic E-state index is 10.1. The Hall–Kier alpha value is -1.11. The zero-order valence-corrected chi connectivity index (χ0v) is 11.4. The molecule has 0 aliphatic heterocycles. The molecule has 0 amide bonds. The molecule has 1 aromatic rings. The van der Waals surface area contributed by atoms with Crippen LogP contribution in [0.3, 0.4) is 0 Å². The fourth-order valence-electron chi connectivity index (χ4n) is 2.26. The van der Waals surface area contributed by atoms with Gasteiger partial charge in [-0.15, -0.1) is 0 Å². The lowest BCUT2D eigenvalue weighted by atomic mass is 10.0. The van der Waals surface area contributed by atoms with E-state index >= 15 is 0 Å². The first kappa shape index (κ1) is 14.9. The zero-order chi connectivity index (χ0) is 12.9.